The molecule has 35 heavy (non-hydrogen) atoms. The first kappa shape index (κ1) is 24.2. The number of nitrogens with zero attached hydrogens (tertiary/aromatic N) is 2. The number of carbonyl (C=O) groups is 3. The molecule has 0 fully saturated rings. The molecule has 3 aromatic rings. The van der Waals surface area contributed by atoms with Gasteiger partial charge in [0.15, 0.2) is 0 Å². The van der Waals surface area contributed by atoms with E-state index in [1.165, 1.54) is 4.90 Å². The second-order valence-electron chi connectivity index (χ2n) is 8.73. The topological polar surface area (TPSA) is 93.8 Å². The average molecular weight is 474 g/mol. The summed E-state index contributed by atoms with van der Waals surface area (Å²) in [6.45, 7) is 4.07. The summed E-state index contributed by atoms with van der Waals surface area (Å²) in [5.41, 5.74) is 3.31. The zero-order valence-electron chi connectivity index (χ0n) is 20.5. The molecule has 182 valence electrons. The molecule has 8 heteroatoms. The molecule has 0 radical (unpaired) electrons. The summed E-state index contributed by atoms with van der Waals surface area (Å²) in [6, 6.07) is 17.8. The number of amides is 4. The fourth-order valence-electron chi connectivity index (χ4n) is 4.43. The number of likely N-dealkylation sites (N-methyl/N-ethyl adjacent to an activating group) is 1. The molecule has 2 unspecified atom stereocenters. The van der Waals surface area contributed by atoms with Crippen molar-refractivity contribution in [2.75, 3.05) is 30.4 Å². The van der Waals surface area contributed by atoms with E-state index in [-0.39, 0.29) is 24.4 Å². The monoisotopic (exact) mass is 473 g/mol. The maximum absolute atomic E-state index is 14.0. The maximum atomic E-state index is 14.0. The van der Waals surface area contributed by atoms with Gasteiger partial charge < -0.3 is 20.9 Å². The van der Waals surface area contributed by atoms with Gasteiger partial charge in [-0.05, 0) is 54.9 Å². The molecule has 0 bridgehead atoms. The molecular weight excluding hydrogens is 442 g/mol. The van der Waals surface area contributed by atoms with E-state index in [2.05, 4.69) is 34.1 Å². The molecule has 3 aromatic carbocycles. The molecule has 2 atom stereocenters. The quantitative estimate of drug-likeness (QED) is 0.531. The highest BCUT2D eigenvalue weighted by atomic mass is 16.2. The van der Waals surface area contributed by atoms with Gasteiger partial charge in [-0.3, -0.25) is 14.5 Å². The Hall–Kier alpha value is -3.91. The standard InChI is InChI=1S/C27H31N5O3/c1-17-13-14-19-9-5-6-10-20(19)21(17)15-31-23-11-7-8-12-24(23)32(27(35)29-4)16-22(26(31)34)30-25(33)18(2)28-3/h5-14,18,22,28H,15-16H2,1-4H3,(H,29,35)(H,30,33). The molecular formula is C27H31N5O3. The summed E-state index contributed by atoms with van der Waals surface area (Å²) < 4.78 is 0. The fourth-order valence-corrected chi connectivity index (χ4v) is 4.43. The highest BCUT2D eigenvalue weighted by Gasteiger charge is 2.37. The number of hydrogen-bond donors (Lipinski definition) is 3. The minimum Gasteiger partial charge on any atom is -0.341 e. The predicted molar refractivity (Wildman–Crippen MR) is 139 cm³/mol. The summed E-state index contributed by atoms with van der Waals surface area (Å²) in [5, 5.41) is 10.6. The van der Waals surface area contributed by atoms with Crippen molar-refractivity contribution >= 4 is 40.0 Å². The third kappa shape index (κ3) is 4.70. The van der Waals surface area contributed by atoms with Crippen LogP contribution in [0.4, 0.5) is 16.2 Å². The third-order valence-corrected chi connectivity index (χ3v) is 6.59. The van der Waals surface area contributed by atoms with E-state index < -0.39 is 12.1 Å². The van der Waals surface area contributed by atoms with Gasteiger partial charge in [-0.2, -0.15) is 0 Å². The minimum absolute atomic E-state index is 0.0166. The molecule has 0 spiro atoms. The number of nitrogens with one attached hydrogen (secondary N) is 3. The Morgan fingerprint density at radius 2 is 1.69 bits per heavy atom. The van der Waals surface area contributed by atoms with Gasteiger partial charge in [-0.25, -0.2) is 4.79 Å². The van der Waals surface area contributed by atoms with E-state index in [0.29, 0.717) is 17.9 Å². The zero-order chi connectivity index (χ0) is 25.1. The smallest absolute Gasteiger partial charge is 0.321 e. The van der Waals surface area contributed by atoms with Gasteiger partial charge in [0.25, 0.3) is 5.91 Å². The van der Waals surface area contributed by atoms with E-state index in [1.807, 2.05) is 49.4 Å². The number of carbonyl (C=O) groups excluding carboxylic acids is 3. The summed E-state index contributed by atoms with van der Waals surface area (Å²) >= 11 is 0. The lowest BCUT2D eigenvalue weighted by atomic mass is 9.99. The lowest BCUT2D eigenvalue weighted by molar-refractivity contribution is -0.128. The molecule has 0 saturated heterocycles. The number of rotatable bonds is 5. The van der Waals surface area contributed by atoms with Crippen molar-refractivity contribution in [1.29, 1.82) is 0 Å². The number of urea groups is 1. The first-order valence-corrected chi connectivity index (χ1v) is 11.7. The average Bonchev–Trinajstić information content (AvgIpc) is 2.99. The Morgan fingerprint density at radius 1 is 1.00 bits per heavy atom. The SMILES string of the molecule is CNC(=O)N1CC(NC(=O)C(C)NC)C(=O)N(Cc2c(C)ccc3ccccc23)c2ccccc21. The summed E-state index contributed by atoms with van der Waals surface area (Å²) in [4.78, 5) is 42.8. The van der Waals surface area contributed by atoms with Crippen molar-refractivity contribution in [2.45, 2.75) is 32.5 Å². The normalized spacial score (nSPS) is 16.5. The van der Waals surface area contributed by atoms with Crippen molar-refractivity contribution in [3.8, 4) is 0 Å². The van der Waals surface area contributed by atoms with Gasteiger partial charge in [0.05, 0.1) is 30.5 Å². The van der Waals surface area contributed by atoms with Crippen LogP contribution < -0.4 is 25.8 Å². The van der Waals surface area contributed by atoms with Crippen LogP contribution >= 0.6 is 0 Å². The number of aryl methyl sites for hydroxylation is 1. The van der Waals surface area contributed by atoms with E-state index in [1.54, 1.807) is 25.9 Å². The Labute approximate surface area is 205 Å². The molecule has 0 aromatic heterocycles. The molecule has 0 aliphatic carbocycles. The van der Waals surface area contributed by atoms with Gasteiger partial charge in [-0.15, -0.1) is 0 Å². The van der Waals surface area contributed by atoms with Crippen molar-refractivity contribution in [2.24, 2.45) is 0 Å². The van der Waals surface area contributed by atoms with Gasteiger partial charge in [0, 0.05) is 7.05 Å². The van der Waals surface area contributed by atoms with Crippen LogP contribution in [0.25, 0.3) is 10.8 Å². The fraction of sp³-hybridized carbons (Fsp3) is 0.296. The van der Waals surface area contributed by atoms with Crippen LogP contribution in [0.5, 0.6) is 0 Å². The molecule has 1 heterocycles. The second-order valence-corrected chi connectivity index (χ2v) is 8.73. The van der Waals surface area contributed by atoms with Gasteiger partial charge >= 0.3 is 6.03 Å². The van der Waals surface area contributed by atoms with E-state index in [0.717, 1.165) is 21.9 Å². The number of hydrogen-bond acceptors (Lipinski definition) is 4. The van der Waals surface area contributed by atoms with Crippen LogP contribution in [0.2, 0.25) is 0 Å². The Morgan fingerprint density at radius 3 is 2.40 bits per heavy atom. The summed E-state index contributed by atoms with van der Waals surface area (Å²) in [7, 11) is 3.23. The van der Waals surface area contributed by atoms with Crippen LogP contribution in [0.3, 0.4) is 0 Å². The third-order valence-electron chi connectivity index (χ3n) is 6.59. The highest BCUT2D eigenvalue weighted by molar-refractivity contribution is 6.08. The molecule has 1 aliphatic heterocycles. The molecule has 8 nitrogen and oxygen atoms in total. The van der Waals surface area contributed by atoms with Crippen molar-refractivity contribution < 1.29 is 14.4 Å². The lowest BCUT2D eigenvalue weighted by Crippen LogP contribution is -2.56. The number of para-hydroxylation sites is 2. The predicted octanol–water partition coefficient (Wildman–Crippen LogP) is 2.93. The highest BCUT2D eigenvalue weighted by Crippen LogP contribution is 2.35. The second kappa shape index (κ2) is 10.1. The van der Waals surface area contributed by atoms with Gasteiger partial charge in [0.2, 0.25) is 5.91 Å². The van der Waals surface area contributed by atoms with Crippen LogP contribution in [-0.2, 0) is 16.1 Å². The largest absolute Gasteiger partial charge is 0.341 e. The first-order valence-electron chi connectivity index (χ1n) is 11.7. The van der Waals surface area contributed by atoms with Crippen LogP contribution in [-0.4, -0.2) is 50.6 Å². The molecule has 4 amide bonds. The summed E-state index contributed by atoms with van der Waals surface area (Å²) in [6.07, 6.45) is 0. The van der Waals surface area contributed by atoms with E-state index >= 15 is 0 Å². The van der Waals surface area contributed by atoms with Crippen molar-refractivity contribution in [3.63, 3.8) is 0 Å². The Bertz CT molecular complexity index is 1270. The maximum Gasteiger partial charge on any atom is 0.321 e. The number of anilines is 2. The van der Waals surface area contributed by atoms with Crippen LogP contribution in [0.15, 0.2) is 60.7 Å². The van der Waals surface area contributed by atoms with Crippen LogP contribution in [0, 0.1) is 6.92 Å². The molecule has 3 N–H and O–H groups in total. The van der Waals surface area contributed by atoms with Gasteiger partial charge in [-0.1, -0.05) is 48.5 Å². The van der Waals surface area contributed by atoms with Crippen LogP contribution in [0.1, 0.15) is 18.1 Å². The minimum atomic E-state index is -0.918. The van der Waals surface area contributed by atoms with Gasteiger partial charge in [0.1, 0.15) is 6.04 Å². The molecule has 1 aliphatic rings. The van der Waals surface area contributed by atoms with Crippen molar-refractivity contribution in [1.82, 2.24) is 16.0 Å². The first-order chi connectivity index (χ1) is 16.8. The molecule has 0 saturated carbocycles. The molecule has 4 rings (SSSR count). The summed E-state index contributed by atoms with van der Waals surface area (Å²) in [5.74, 6) is -0.581. The number of benzene rings is 3. The zero-order valence-corrected chi connectivity index (χ0v) is 20.5. The Balaban J connectivity index is 1.84. The van der Waals surface area contributed by atoms with E-state index in [4.69, 9.17) is 0 Å². The Kier molecular flexibility index (Phi) is 7.02. The number of fused-ring (bicyclic) bond motifs is 2. The lowest BCUT2D eigenvalue weighted by Gasteiger charge is -2.27. The van der Waals surface area contributed by atoms with E-state index in [9.17, 15) is 14.4 Å². The van der Waals surface area contributed by atoms with Crippen molar-refractivity contribution in [3.05, 3.63) is 71.8 Å².